The number of aromatic nitrogens is 2. The summed E-state index contributed by atoms with van der Waals surface area (Å²) in [6.45, 7) is 0. The van der Waals surface area contributed by atoms with Crippen LogP contribution < -0.4 is 0 Å². The monoisotopic (exact) mass is 211 g/mol. The number of nitrogens with zero attached hydrogens (tertiary/aromatic N) is 2. The van der Waals surface area contributed by atoms with Crippen LogP contribution in [0.2, 0.25) is 0 Å². The Bertz CT molecular complexity index is 586. The zero-order valence-electron chi connectivity index (χ0n) is 7.47. The minimum Gasteiger partial charge on any atom is -0.492 e. The van der Waals surface area contributed by atoms with E-state index in [0.717, 1.165) is 0 Å². The fraction of sp³-hybridized carbons (Fsp3) is 0.125. The number of imidazole rings is 1. The van der Waals surface area contributed by atoms with E-state index in [2.05, 4.69) is 4.98 Å². The molecule has 0 aromatic carbocycles. The van der Waals surface area contributed by atoms with Crippen molar-refractivity contribution in [1.82, 2.24) is 9.38 Å². The predicted molar refractivity (Wildman–Crippen MR) is 51.9 cm³/mol. The second kappa shape index (κ2) is 2.71. The zero-order valence-corrected chi connectivity index (χ0v) is 8.28. The van der Waals surface area contributed by atoms with Gasteiger partial charge < -0.3 is 5.11 Å². The molecular formula is C8H9N3O2S. The fourth-order valence-corrected chi connectivity index (χ4v) is 2.06. The molecule has 0 fully saturated rings. The van der Waals surface area contributed by atoms with Gasteiger partial charge in [0.05, 0.1) is 0 Å². The molecule has 0 saturated heterocycles. The summed E-state index contributed by atoms with van der Waals surface area (Å²) < 4.78 is 20.4. The molecule has 1 unspecified atom stereocenters. The lowest BCUT2D eigenvalue weighted by Crippen LogP contribution is -2.01. The van der Waals surface area contributed by atoms with E-state index in [9.17, 15) is 9.32 Å². The lowest BCUT2D eigenvalue weighted by atomic mass is 10.4. The van der Waals surface area contributed by atoms with Crippen LogP contribution in [0.3, 0.4) is 0 Å². The topological polar surface area (TPSA) is 78.5 Å². The van der Waals surface area contributed by atoms with Crippen LogP contribution in [0.4, 0.5) is 0 Å². The lowest BCUT2D eigenvalue weighted by molar-refractivity contribution is 0.459. The molecule has 1 atom stereocenters. The Kier molecular flexibility index (Phi) is 1.75. The van der Waals surface area contributed by atoms with E-state index in [1.807, 2.05) is 0 Å². The third kappa shape index (κ3) is 1.24. The quantitative estimate of drug-likeness (QED) is 0.740. The van der Waals surface area contributed by atoms with Crippen LogP contribution in [0.5, 0.6) is 5.88 Å². The van der Waals surface area contributed by atoms with Gasteiger partial charge in [0, 0.05) is 12.5 Å². The maximum Gasteiger partial charge on any atom is 0.238 e. The normalized spacial score (nSPS) is 15.5. The van der Waals surface area contributed by atoms with Crippen LogP contribution in [0, 0.1) is 4.78 Å². The molecule has 5 nitrogen and oxygen atoms in total. The Labute approximate surface area is 81.0 Å². The molecule has 0 spiro atoms. The molecule has 0 aliphatic carbocycles. The third-order valence-corrected chi connectivity index (χ3v) is 2.83. The van der Waals surface area contributed by atoms with Crippen molar-refractivity contribution in [2.45, 2.75) is 5.16 Å². The molecule has 2 heterocycles. The van der Waals surface area contributed by atoms with Crippen molar-refractivity contribution in [2.75, 3.05) is 6.26 Å². The van der Waals surface area contributed by atoms with Crippen molar-refractivity contribution < 1.29 is 9.32 Å². The van der Waals surface area contributed by atoms with Gasteiger partial charge in [-0.1, -0.05) is 6.07 Å². The number of pyridine rings is 1. The summed E-state index contributed by atoms with van der Waals surface area (Å²) in [6, 6.07) is 5.11. The van der Waals surface area contributed by atoms with Gasteiger partial charge in [0.2, 0.25) is 11.0 Å². The maximum atomic E-state index is 11.5. The zero-order chi connectivity index (χ0) is 10.3. The number of fused-ring (bicyclic) bond motifs is 1. The van der Waals surface area contributed by atoms with E-state index in [4.69, 9.17) is 4.78 Å². The first-order chi connectivity index (χ1) is 6.50. The van der Waals surface area contributed by atoms with E-state index in [0.29, 0.717) is 5.52 Å². The van der Waals surface area contributed by atoms with Crippen molar-refractivity contribution in [3.8, 4) is 5.88 Å². The summed E-state index contributed by atoms with van der Waals surface area (Å²) in [4.78, 5) is 3.72. The SMILES string of the molecule is CS(=N)(=O)c1nc(O)c2ccccn12. The van der Waals surface area contributed by atoms with Gasteiger partial charge in [0.15, 0.2) is 0 Å². The van der Waals surface area contributed by atoms with Gasteiger partial charge in [-0.3, -0.25) is 4.40 Å². The molecular weight excluding hydrogens is 202 g/mol. The van der Waals surface area contributed by atoms with Crippen LogP contribution >= 0.6 is 0 Å². The van der Waals surface area contributed by atoms with Crippen LogP contribution in [0.25, 0.3) is 5.52 Å². The summed E-state index contributed by atoms with van der Waals surface area (Å²) in [5.74, 6) is -0.192. The van der Waals surface area contributed by atoms with Gasteiger partial charge in [0.1, 0.15) is 15.2 Å². The number of aromatic hydroxyl groups is 1. The van der Waals surface area contributed by atoms with Crippen molar-refractivity contribution >= 4 is 15.2 Å². The first-order valence-electron chi connectivity index (χ1n) is 3.90. The van der Waals surface area contributed by atoms with E-state index >= 15 is 0 Å². The Morgan fingerprint density at radius 2 is 2.29 bits per heavy atom. The summed E-state index contributed by atoms with van der Waals surface area (Å²) in [5, 5.41) is 9.49. The lowest BCUT2D eigenvalue weighted by Gasteiger charge is -1.98. The number of nitrogens with one attached hydrogen (secondary N) is 1. The van der Waals surface area contributed by atoms with Crippen molar-refractivity contribution in [3.63, 3.8) is 0 Å². The number of hydrogen-bond donors (Lipinski definition) is 2. The minimum atomic E-state index is -2.92. The second-order valence-electron chi connectivity index (χ2n) is 3.02. The molecule has 0 aliphatic heterocycles. The van der Waals surface area contributed by atoms with Gasteiger partial charge >= 0.3 is 0 Å². The third-order valence-electron chi connectivity index (χ3n) is 1.85. The molecule has 74 valence electrons. The van der Waals surface area contributed by atoms with Crippen molar-refractivity contribution in [1.29, 1.82) is 4.78 Å². The molecule has 0 saturated carbocycles. The average Bonchev–Trinajstić information content (AvgIpc) is 2.44. The van der Waals surface area contributed by atoms with E-state index < -0.39 is 9.73 Å². The highest BCUT2D eigenvalue weighted by Crippen LogP contribution is 2.21. The van der Waals surface area contributed by atoms with E-state index in [1.165, 1.54) is 10.7 Å². The fourth-order valence-electron chi connectivity index (χ4n) is 1.27. The predicted octanol–water partition coefficient (Wildman–Crippen LogP) is 1.08. The molecule has 2 rings (SSSR count). The van der Waals surface area contributed by atoms with Gasteiger partial charge in [-0.15, -0.1) is 0 Å². The minimum absolute atomic E-state index is 0.0746. The molecule has 0 radical (unpaired) electrons. The van der Waals surface area contributed by atoms with Gasteiger partial charge in [-0.2, -0.15) is 4.98 Å². The molecule has 6 heteroatoms. The van der Waals surface area contributed by atoms with Crippen molar-refractivity contribution in [2.24, 2.45) is 0 Å². The Balaban J connectivity index is 2.93. The Hall–Kier alpha value is -1.56. The highest BCUT2D eigenvalue weighted by molar-refractivity contribution is 7.91. The summed E-state index contributed by atoms with van der Waals surface area (Å²) >= 11 is 0. The highest BCUT2D eigenvalue weighted by atomic mass is 32.2. The summed E-state index contributed by atoms with van der Waals surface area (Å²) in [5.41, 5.74) is 0.462. The molecule has 2 aromatic rings. The average molecular weight is 211 g/mol. The van der Waals surface area contributed by atoms with Crippen molar-refractivity contribution in [3.05, 3.63) is 24.4 Å². The van der Waals surface area contributed by atoms with Crippen LogP contribution in [0.15, 0.2) is 29.6 Å². The smallest absolute Gasteiger partial charge is 0.238 e. The van der Waals surface area contributed by atoms with E-state index in [-0.39, 0.29) is 11.0 Å². The molecule has 2 N–H and O–H groups in total. The first kappa shape index (κ1) is 9.01. The number of rotatable bonds is 1. The van der Waals surface area contributed by atoms with Gasteiger partial charge in [-0.05, 0) is 12.1 Å². The molecule has 0 aliphatic rings. The molecule has 0 amide bonds. The van der Waals surface area contributed by atoms with Crippen LogP contribution in [-0.4, -0.2) is 25.0 Å². The van der Waals surface area contributed by atoms with Crippen LogP contribution in [0.1, 0.15) is 0 Å². The molecule has 0 bridgehead atoms. The highest BCUT2D eigenvalue weighted by Gasteiger charge is 2.14. The van der Waals surface area contributed by atoms with Gasteiger partial charge in [0.25, 0.3) is 0 Å². The summed E-state index contributed by atoms with van der Waals surface area (Å²) in [7, 11) is -2.92. The maximum absolute atomic E-state index is 11.5. The standard InChI is InChI=1S/C8H9N3O2S/c1-14(9,13)8-10-7(12)6-4-2-3-5-11(6)8/h2-5,9,12H,1H3. The van der Waals surface area contributed by atoms with Gasteiger partial charge in [-0.25, -0.2) is 8.99 Å². The molecule has 14 heavy (non-hydrogen) atoms. The van der Waals surface area contributed by atoms with Crippen LogP contribution in [-0.2, 0) is 9.73 Å². The second-order valence-corrected chi connectivity index (χ2v) is 5.07. The summed E-state index contributed by atoms with van der Waals surface area (Å²) in [6.07, 6.45) is 2.89. The largest absolute Gasteiger partial charge is 0.492 e. The van der Waals surface area contributed by atoms with E-state index in [1.54, 1.807) is 24.4 Å². The molecule has 2 aromatic heterocycles. The Morgan fingerprint density at radius 1 is 1.57 bits per heavy atom. The number of hydrogen-bond acceptors (Lipinski definition) is 4. The first-order valence-corrected chi connectivity index (χ1v) is 5.86. The Morgan fingerprint density at radius 3 is 2.93 bits per heavy atom.